The molecule has 1 aromatic carbocycles. The molecule has 0 spiro atoms. The van der Waals surface area contributed by atoms with Gasteiger partial charge in [0.15, 0.2) is 0 Å². The van der Waals surface area contributed by atoms with Gasteiger partial charge in [-0.05, 0) is 37.8 Å². The van der Waals surface area contributed by atoms with E-state index >= 15 is 0 Å². The van der Waals surface area contributed by atoms with E-state index in [0.717, 1.165) is 25.7 Å². The van der Waals surface area contributed by atoms with E-state index in [-0.39, 0.29) is 23.6 Å². The van der Waals surface area contributed by atoms with E-state index in [1.54, 1.807) is 12.1 Å². The number of alkyl halides is 1. The maximum atomic E-state index is 14.1. The van der Waals surface area contributed by atoms with Crippen LogP contribution in [0.2, 0.25) is 0 Å². The Morgan fingerprint density at radius 3 is 2.60 bits per heavy atom. The van der Waals surface area contributed by atoms with Crippen LogP contribution in [0.5, 0.6) is 5.75 Å². The van der Waals surface area contributed by atoms with Gasteiger partial charge < -0.3 is 9.64 Å². The van der Waals surface area contributed by atoms with Crippen LogP contribution in [0.15, 0.2) is 18.2 Å². The molecule has 3 nitrogen and oxygen atoms in total. The second-order valence-corrected chi connectivity index (χ2v) is 6.78. The third-order valence-corrected chi connectivity index (χ3v) is 5.07. The van der Waals surface area contributed by atoms with Gasteiger partial charge in [-0.25, -0.2) is 4.39 Å². The second kappa shape index (κ2) is 5.35. The molecule has 2 aliphatic heterocycles. The Labute approximate surface area is 126 Å². The lowest BCUT2D eigenvalue weighted by molar-refractivity contribution is 0.0595. The summed E-state index contributed by atoms with van der Waals surface area (Å²) in [7, 11) is 1.46. The fraction of sp³-hybridized carbons (Fsp3) is 0.533. The molecule has 2 saturated heterocycles. The minimum absolute atomic E-state index is 0.0694. The molecular formula is C15H17BrFNO2. The number of halogens is 2. The predicted octanol–water partition coefficient (Wildman–Crippen LogP) is 3.36. The Hall–Kier alpha value is -1.10. The highest BCUT2D eigenvalue weighted by molar-refractivity contribution is 9.09. The Morgan fingerprint density at radius 2 is 2.00 bits per heavy atom. The lowest BCUT2D eigenvalue weighted by Crippen LogP contribution is -2.47. The average molecular weight is 342 g/mol. The normalized spacial score (nSPS) is 28.6. The van der Waals surface area contributed by atoms with Crippen LogP contribution < -0.4 is 4.74 Å². The Bertz CT molecular complexity index is 523. The van der Waals surface area contributed by atoms with Gasteiger partial charge in [-0.1, -0.05) is 22.0 Å². The van der Waals surface area contributed by atoms with Crippen molar-refractivity contribution in [2.75, 3.05) is 7.11 Å². The minimum atomic E-state index is -0.505. The van der Waals surface area contributed by atoms with E-state index in [2.05, 4.69) is 15.9 Å². The summed E-state index contributed by atoms with van der Waals surface area (Å²) in [5, 5.41) is 0. The van der Waals surface area contributed by atoms with Crippen molar-refractivity contribution in [1.82, 2.24) is 4.90 Å². The Kier molecular flexibility index (Phi) is 3.71. The molecule has 5 heteroatoms. The van der Waals surface area contributed by atoms with Crippen LogP contribution >= 0.6 is 15.9 Å². The van der Waals surface area contributed by atoms with Crippen LogP contribution in [0.4, 0.5) is 4.39 Å². The first-order chi connectivity index (χ1) is 9.61. The van der Waals surface area contributed by atoms with E-state index < -0.39 is 5.82 Å². The van der Waals surface area contributed by atoms with Crippen LogP contribution in [0.1, 0.15) is 36.0 Å². The van der Waals surface area contributed by atoms with Crippen molar-refractivity contribution in [3.63, 3.8) is 0 Å². The summed E-state index contributed by atoms with van der Waals surface area (Å²) >= 11 is 3.65. The van der Waals surface area contributed by atoms with E-state index in [1.807, 2.05) is 4.90 Å². The van der Waals surface area contributed by atoms with Crippen LogP contribution in [0, 0.1) is 5.82 Å². The van der Waals surface area contributed by atoms with Crippen molar-refractivity contribution >= 4 is 21.8 Å². The zero-order valence-corrected chi connectivity index (χ0v) is 12.9. The van der Waals surface area contributed by atoms with Crippen molar-refractivity contribution < 1.29 is 13.9 Å². The van der Waals surface area contributed by atoms with Gasteiger partial charge in [0.2, 0.25) is 0 Å². The number of carbonyl (C=O) groups excluding carboxylic acids is 1. The van der Waals surface area contributed by atoms with Gasteiger partial charge >= 0.3 is 0 Å². The maximum Gasteiger partial charge on any atom is 0.261 e. The molecule has 1 amide bonds. The zero-order valence-electron chi connectivity index (χ0n) is 11.3. The molecule has 0 aromatic heterocycles. The summed E-state index contributed by atoms with van der Waals surface area (Å²) in [4.78, 5) is 15.1. The van der Waals surface area contributed by atoms with Gasteiger partial charge in [-0.2, -0.15) is 0 Å². The summed E-state index contributed by atoms with van der Waals surface area (Å²) < 4.78 is 19.2. The monoisotopic (exact) mass is 341 g/mol. The number of carbonyl (C=O) groups is 1. The molecule has 20 heavy (non-hydrogen) atoms. The zero-order chi connectivity index (χ0) is 14.3. The lowest BCUT2D eigenvalue weighted by Gasteiger charge is -2.37. The lowest BCUT2D eigenvalue weighted by atomic mass is 10.0. The second-order valence-electron chi connectivity index (χ2n) is 5.48. The average Bonchev–Trinajstić information content (AvgIpc) is 2.70. The summed E-state index contributed by atoms with van der Waals surface area (Å²) in [6.45, 7) is 0. The third kappa shape index (κ3) is 2.22. The van der Waals surface area contributed by atoms with Gasteiger partial charge in [0.1, 0.15) is 17.1 Å². The predicted molar refractivity (Wildman–Crippen MR) is 77.9 cm³/mol. The molecule has 1 aromatic rings. The molecule has 3 rings (SSSR count). The highest BCUT2D eigenvalue weighted by Gasteiger charge is 2.43. The highest BCUT2D eigenvalue weighted by atomic mass is 79.9. The van der Waals surface area contributed by atoms with E-state index in [9.17, 15) is 9.18 Å². The summed E-state index contributed by atoms with van der Waals surface area (Å²) in [5.41, 5.74) is 0.0694. The minimum Gasteiger partial charge on any atom is -0.496 e. The van der Waals surface area contributed by atoms with Gasteiger partial charge in [0.25, 0.3) is 5.91 Å². The van der Waals surface area contributed by atoms with Crippen molar-refractivity contribution in [1.29, 1.82) is 0 Å². The number of nitrogens with zero attached hydrogens (tertiary/aromatic N) is 1. The first-order valence-electron chi connectivity index (χ1n) is 6.91. The standard InChI is InChI=1S/C15H17BrFNO2/c1-20-13-4-2-3-12(17)14(13)15(19)18-10-5-6-11(18)8-9(16)7-10/h2-4,9-11H,5-8H2,1H3. The molecule has 0 N–H and O–H groups in total. The van der Waals surface area contributed by atoms with Crippen molar-refractivity contribution in [2.24, 2.45) is 0 Å². The molecule has 0 aliphatic carbocycles. The molecule has 2 atom stereocenters. The van der Waals surface area contributed by atoms with Crippen LogP contribution in [0.3, 0.4) is 0 Å². The first-order valence-corrected chi connectivity index (χ1v) is 7.82. The number of benzene rings is 1. The van der Waals surface area contributed by atoms with Crippen molar-refractivity contribution in [3.05, 3.63) is 29.6 Å². The molecule has 108 valence electrons. The fourth-order valence-corrected chi connectivity index (χ4v) is 4.32. The molecule has 0 saturated carbocycles. The number of hydrogen-bond acceptors (Lipinski definition) is 2. The third-order valence-electron chi connectivity index (χ3n) is 4.32. The fourth-order valence-electron chi connectivity index (χ4n) is 3.45. The number of hydrogen-bond donors (Lipinski definition) is 0. The number of fused-ring (bicyclic) bond motifs is 2. The molecule has 2 aliphatic rings. The highest BCUT2D eigenvalue weighted by Crippen LogP contribution is 2.40. The van der Waals surface area contributed by atoms with Crippen LogP contribution in [0.25, 0.3) is 0 Å². The van der Waals surface area contributed by atoms with Crippen molar-refractivity contribution in [3.8, 4) is 5.75 Å². The quantitative estimate of drug-likeness (QED) is 0.772. The molecule has 2 bridgehead atoms. The molecule has 0 radical (unpaired) electrons. The molecule has 2 unspecified atom stereocenters. The topological polar surface area (TPSA) is 29.5 Å². The number of amides is 1. The molecular weight excluding hydrogens is 325 g/mol. The summed E-state index contributed by atoms with van der Waals surface area (Å²) in [6, 6.07) is 4.94. The Balaban J connectivity index is 1.94. The van der Waals surface area contributed by atoms with Crippen molar-refractivity contribution in [2.45, 2.75) is 42.6 Å². The first kappa shape index (κ1) is 13.9. The number of rotatable bonds is 2. The number of piperidine rings is 1. The van der Waals surface area contributed by atoms with Crippen LogP contribution in [-0.4, -0.2) is 34.8 Å². The van der Waals surface area contributed by atoms with Gasteiger partial charge in [0, 0.05) is 16.9 Å². The largest absolute Gasteiger partial charge is 0.496 e. The Morgan fingerprint density at radius 1 is 1.35 bits per heavy atom. The molecule has 2 heterocycles. The van der Waals surface area contributed by atoms with E-state index in [0.29, 0.717) is 10.6 Å². The smallest absolute Gasteiger partial charge is 0.261 e. The summed E-state index contributed by atoms with van der Waals surface area (Å²) in [6.07, 6.45) is 3.91. The number of methoxy groups -OCH3 is 1. The summed E-state index contributed by atoms with van der Waals surface area (Å²) in [5.74, 6) is -0.420. The number of ether oxygens (including phenoxy) is 1. The molecule has 2 fully saturated rings. The van der Waals surface area contributed by atoms with Gasteiger partial charge in [-0.15, -0.1) is 0 Å². The van der Waals surface area contributed by atoms with Gasteiger partial charge in [-0.3, -0.25) is 4.79 Å². The van der Waals surface area contributed by atoms with E-state index in [1.165, 1.54) is 13.2 Å². The van der Waals surface area contributed by atoms with Gasteiger partial charge in [0.05, 0.1) is 7.11 Å². The van der Waals surface area contributed by atoms with Crippen LogP contribution in [-0.2, 0) is 0 Å². The van der Waals surface area contributed by atoms with E-state index in [4.69, 9.17) is 4.74 Å². The SMILES string of the molecule is COc1cccc(F)c1C(=O)N1C2CCC1CC(Br)C2. The maximum absolute atomic E-state index is 14.1.